The van der Waals surface area contributed by atoms with Crippen LogP contribution in [0, 0.1) is 11.8 Å². The number of aromatic nitrogens is 2. The third-order valence-electron chi connectivity index (χ3n) is 2.82. The molecular formula is C13H26N4O2S. The van der Waals surface area contributed by atoms with Gasteiger partial charge in [0.1, 0.15) is 0 Å². The molecule has 1 aromatic rings. The number of nitrogens with one attached hydrogen (secondary N) is 1. The second-order valence-corrected chi connectivity index (χ2v) is 7.65. The summed E-state index contributed by atoms with van der Waals surface area (Å²) in [6.45, 7) is 9.24. The van der Waals surface area contributed by atoms with Crippen LogP contribution in [0.3, 0.4) is 0 Å². The molecule has 0 aliphatic carbocycles. The maximum absolute atomic E-state index is 12.2. The first-order valence-corrected chi connectivity index (χ1v) is 8.47. The van der Waals surface area contributed by atoms with E-state index in [1.54, 1.807) is 17.1 Å². The monoisotopic (exact) mass is 302 g/mol. The Morgan fingerprint density at radius 2 is 1.95 bits per heavy atom. The fourth-order valence-corrected chi connectivity index (χ4v) is 3.25. The normalized spacial score (nSPS) is 14.2. The van der Waals surface area contributed by atoms with Gasteiger partial charge in [-0.3, -0.25) is 0 Å². The van der Waals surface area contributed by atoms with Crippen LogP contribution in [0.1, 0.15) is 34.1 Å². The van der Waals surface area contributed by atoms with Gasteiger partial charge in [-0.1, -0.05) is 27.7 Å². The maximum atomic E-state index is 12.2. The SMILES string of the molecule is CC(C)CC(CN)NS(=O)(=O)c1cn(CC(C)C)cn1. The van der Waals surface area contributed by atoms with Crippen LogP contribution in [-0.2, 0) is 16.6 Å². The maximum Gasteiger partial charge on any atom is 0.259 e. The van der Waals surface area contributed by atoms with Gasteiger partial charge in [0.05, 0.1) is 6.33 Å². The highest BCUT2D eigenvalue weighted by Gasteiger charge is 2.22. The lowest BCUT2D eigenvalue weighted by Crippen LogP contribution is -2.41. The molecule has 6 nitrogen and oxygen atoms in total. The predicted molar refractivity (Wildman–Crippen MR) is 79.7 cm³/mol. The molecule has 0 saturated carbocycles. The summed E-state index contributed by atoms with van der Waals surface area (Å²) in [4.78, 5) is 3.98. The second kappa shape index (κ2) is 7.19. The Morgan fingerprint density at radius 3 is 2.45 bits per heavy atom. The van der Waals surface area contributed by atoms with Crippen molar-refractivity contribution in [1.82, 2.24) is 14.3 Å². The Hall–Kier alpha value is -0.920. The number of rotatable bonds is 8. The lowest BCUT2D eigenvalue weighted by Gasteiger charge is -2.17. The second-order valence-electron chi connectivity index (χ2n) is 5.99. The zero-order chi connectivity index (χ0) is 15.3. The van der Waals surface area contributed by atoms with Crippen LogP contribution in [0.4, 0.5) is 0 Å². The summed E-state index contributed by atoms with van der Waals surface area (Å²) in [6.07, 6.45) is 3.82. The Balaban J connectivity index is 2.79. The van der Waals surface area contributed by atoms with Crippen LogP contribution in [-0.4, -0.2) is 30.6 Å². The molecule has 1 atom stereocenters. The summed E-state index contributed by atoms with van der Waals surface area (Å²) in [5.41, 5.74) is 5.62. The van der Waals surface area contributed by atoms with Crippen molar-refractivity contribution in [3.05, 3.63) is 12.5 Å². The highest BCUT2D eigenvalue weighted by molar-refractivity contribution is 7.89. The summed E-state index contributed by atoms with van der Waals surface area (Å²) in [5, 5.41) is 0.0559. The van der Waals surface area contributed by atoms with Crippen molar-refractivity contribution in [3.63, 3.8) is 0 Å². The first-order valence-electron chi connectivity index (χ1n) is 6.98. The molecule has 0 radical (unpaired) electrons. The van der Waals surface area contributed by atoms with E-state index < -0.39 is 10.0 Å². The van der Waals surface area contributed by atoms with E-state index in [1.807, 2.05) is 13.8 Å². The molecule has 0 aliphatic rings. The number of hydrogen-bond acceptors (Lipinski definition) is 4. The molecular weight excluding hydrogens is 276 g/mol. The molecule has 0 saturated heterocycles. The van der Waals surface area contributed by atoms with Crippen LogP contribution in [0.25, 0.3) is 0 Å². The van der Waals surface area contributed by atoms with E-state index in [2.05, 4.69) is 23.6 Å². The van der Waals surface area contributed by atoms with Gasteiger partial charge in [0.25, 0.3) is 10.0 Å². The number of sulfonamides is 1. The lowest BCUT2D eigenvalue weighted by atomic mass is 10.1. The molecule has 0 amide bonds. The van der Waals surface area contributed by atoms with Crippen molar-refractivity contribution in [2.45, 2.75) is 51.7 Å². The molecule has 0 fully saturated rings. The van der Waals surface area contributed by atoms with Gasteiger partial charge in [-0.15, -0.1) is 0 Å². The largest absolute Gasteiger partial charge is 0.336 e. The molecule has 1 unspecified atom stereocenters. The summed E-state index contributed by atoms with van der Waals surface area (Å²) in [7, 11) is -3.59. The van der Waals surface area contributed by atoms with E-state index in [4.69, 9.17) is 5.73 Å². The number of hydrogen-bond donors (Lipinski definition) is 2. The van der Waals surface area contributed by atoms with Crippen molar-refractivity contribution >= 4 is 10.0 Å². The molecule has 0 spiro atoms. The number of nitrogens with zero attached hydrogens (tertiary/aromatic N) is 2. The van der Waals surface area contributed by atoms with E-state index in [0.717, 1.165) is 6.54 Å². The van der Waals surface area contributed by atoms with Crippen LogP contribution in [0.15, 0.2) is 17.6 Å². The van der Waals surface area contributed by atoms with Gasteiger partial charge in [0.2, 0.25) is 0 Å². The first kappa shape index (κ1) is 17.1. The van der Waals surface area contributed by atoms with Crippen LogP contribution in [0.2, 0.25) is 0 Å². The quantitative estimate of drug-likeness (QED) is 0.755. The summed E-state index contributed by atoms with van der Waals surface area (Å²) >= 11 is 0. The topological polar surface area (TPSA) is 90.0 Å². The molecule has 1 rings (SSSR count). The van der Waals surface area contributed by atoms with Gasteiger partial charge in [-0.05, 0) is 18.3 Å². The molecule has 0 aromatic carbocycles. The smallest absolute Gasteiger partial charge is 0.259 e. The Kier molecular flexibility index (Phi) is 6.16. The average Bonchev–Trinajstić information content (AvgIpc) is 2.75. The molecule has 3 N–H and O–H groups in total. The van der Waals surface area contributed by atoms with Crippen LogP contribution in [0.5, 0.6) is 0 Å². The standard InChI is InChI=1S/C13H26N4O2S/c1-10(2)5-12(6-14)16-20(18,19)13-8-17(9-15-13)7-11(3)4/h8-12,16H,5-7,14H2,1-4H3. The molecule has 7 heteroatoms. The van der Waals surface area contributed by atoms with Crippen molar-refractivity contribution in [2.75, 3.05) is 6.54 Å². The molecule has 1 aromatic heterocycles. The molecule has 0 aliphatic heterocycles. The summed E-state index contributed by atoms with van der Waals surface area (Å²) in [5.74, 6) is 0.815. The third kappa shape index (κ3) is 5.22. The van der Waals surface area contributed by atoms with Crippen molar-refractivity contribution in [2.24, 2.45) is 17.6 Å². The minimum atomic E-state index is -3.59. The summed E-state index contributed by atoms with van der Waals surface area (Å²) < 4.78 is 28.9. The zero-order valence-electron chi connectivity index (χ0n) is 12.7. The van der Waals surface area contributed by atoms with Gasteiger partial charge < -0.3 is 10.3 Å². The third-order valence-corrected chi connectivity index (χ3v) is 4.23. The molecule has 1 heterocycles. The predicted octanol–water partition coefficient (Wildman–Crippen LogP) is 1.19. The van der Waals surface area contributed by atoms with Gasteiger partial charge in [-0.25, -0.2) is 18.1 Å². The first-order chi connectivity index (χ1) is 9.24. The van der Waals surface area contributed by atoms with Crippen LogP contribution < -0.4 is 10.5 Å². The van der Waals surface area contributed by atoms with Crippen molar-refractivity contribution in [3.8, 4) is 0 Å². The molecule has 116 valence electrons. The Labute approximate surface area is 121 Å². The van der Waals surface area contributed by atoms with Gasteiger partial charge in [0.15, 0.2) is 5.03 Å². The van der Waals surface area contributed by atoms with E-state index in [0.29, 0.717) is 18.3 Å². The highest BCUT2D eigenvalue weighted by atomic mass is 32.2. The molecule has 0 bridgehead atoms. The van der Waals surface area contributed by atoms with E-state index in [9.17, 15) is 8.42 Å². The highest BCUT2D eigenvalue weighted by Crippen LogP contribution is 2.11. The van der Waals surface area contributed by atoms with E-state index >= 15 is 0 Å². The minimum Gasteiger partial charge on any atom is -0.336 e. The fraction of sp³-hybridized carbons (Fsp3) is 0.769. The Bertz CT molecular complexity index is 508. The minimum absolute atomic E-state index is 0.0559. The van der Waals surface area contributed by atoms with Gasteiger partial charge in [-0.2, -0.15) is 0 Å². The Morgan fingerprint density at radius 1 is 1.30 bits per heavy atom. The number of nitrogens with two attached hydrogens (primary N) is 1. The van der Waals surface area contributed by atoms with E-state index in [-0.39, 0.29) is 17.6 Å². The number of imidazole rings is 1. The zero-order valence-corrected chi connectivity index (χ0v) is 13.5. The summed E-state index contributed by atoms with van der Waals surface area (Å²) in [6, 6.07) is -0.254. The van der Waals surface area contributed by atoms with E-state index in [1.165, 1.54) is 0 Å². The lowest BCUT2D eigenvalue weighted by molar-refractivity contribution is 0.464. The van der Waals surface area contributed by atoms with Crippen molar-refractivity contribution < 1.29 is 8.42 Å². The van der Waals surface area contributed by atoms with Gasteiger partial charge >= 0.3 is 0 Å². The average molecular weight is 302 g/mol. The molecule has 20 heavy (non-hydrogen) atoms. The fourth-order valence-electron chi connectivity index (χ4n) is 2.04. The van der Waals surface area contributed by atoms with Crippen molar-refractivity contribution in [1.29, 1.82) is 0 Å². The van der Waals surface area contributed by atoms with Gasteiger partial charge in [0, 0.05) is 25.3 Å². The van der Waals surface area contributed by atoms with Crippen LogP contribution >= 0.6 is 0 Å².